The third-order valence-corrected chi connectivity index (χ3v) is 4.46. The molecule has 0 radical (unpaired) electrons. The van der Waals surface area contributed by atoms with Gasteiger partial charge in [-0.3, -0.25) is 9.97 Å². The van der Waals surface area contributed by atoms with Gasteiger partial charge >= 0.3 is 18.5 Å². The summed E-state index contributed by atoms with van der Waals surface area (Å²) < 4.78 is 117. The standard InChI is InChI=1S/C17H11F9N4O2/c18-15(19,20)8-1-7(3-27-4-8)12-11(13(31)17(24,25)26)14(32)30(29-12)10-2-9(5-28-6-10)16(21,22)23/h1-6,11,13-14,31-32H. The van der Waals surface area contributed by atoms with E-state index in [0.717, 1.165) is 6.20 Å². The molecule has 3 atom stereocenters. The summed E-state index contributed by atoms with van der Waals surface area (Å²) in [6.07, 6.45) is -18.6. The maximum Gasteiger partial charge on any atom is 0.417 e. The van der Waals surface area contributed by atoms with Gasteiger partial charge in [0.05, 0.1) is 34.6 Å². The van der Waals surface area contributed by atoms with Crippen molar-refractivity contribution in [1.29, 1.82) is 0 Å². The van der Waals surface area contributed by atoms with Crippen LogP contribution in [0.1, 0.15) is 16.7 Å². The molecule has 0 amide bonds. The van der Waals surface area contributed by atoms with Crippen LogP contribution in [0.5, 0.6) is 0 Å². The van der Waals surface area contributed by atoms with Gasteiger partial charge in [0, 0.05) is 24.2 Å². The van der Waals surface area contributed by atoms with Crippen LogP contribution in [0.15, 0.2) is 42.0 Å². The van der Waals surface area contributed by atoms with Gasteiger partial charge in [0.25, 0.3) is 0 Å². The third-order valence-electron chi connectivity index (χ3n) is 4.46. The fraction of sp³-hybridized carbons (Fsp3) is 0.353. The third kappa shape index (κ3) is 4.62. The summed E-state index contributed by atoms with van der Waals surface area (Å²) in [7, 11) is 0. The van der Waals surface area contributed by atoms with Crippen molar-refractivity contribution in [2.24, 2.45) is 11.0 Å². The first kappa shape index (κ1) is 23.7. The predicted octanol–water partition coefficient (Wildman–Crippen LogP) is 3.60. The Morgan fingerprint density at radius 3 is 1.88 bits per heavy atom. The van der Waals surface area contributed by atoms with Crippen molar-refractivity contribution in [3.8, 4) is 0 Å². The molecule has 0 saturated heterocycles. The molecule has 1 aliphatic heterocycles. The molecular formula is C17H11F9N4O2. The molecule has 2 aromatic heterocycles. The average Bonchev–Trinajstić information content (AvgIpc) is 3.02. The lowest BCUT2D eigenvalue weighted by atomic mass is 9.90. The molecule has 3 unspecified atom stereocenters. The number of hydrogen-bond donors (Lipinski definition) is 2. The van der Waals surface area contributed by atoms with E-state index in [1.54, 1.807) is 0 Å². The van der Waals surface area contributed by atoms with Gasteiger partial charge in [-0.05, 0) is 12.1 Å². The Labute approximate surface area is 172 Å². The van der Waals surface area contributed by atoms with Crippen LogP contribution in [-0.4, -0.2) is 44.4 Å². The highest BCUT2D eigenvalue weighted by Crippen LogP contribution is 2.39. The molecule has 0 aliphatic carbocycles. The zero-order valence-electron chi connectivity index (χ0n) is 15.3. The Bertz CT molecular complexity index is 1020. The van der Waals surface area contributed by atoms with Gasteiger partial charge in [-0.1, -0.05) is 0 Å². The minimum atomic E-state index is -5.34. The van der Waals surface area contributed by atoms with E-state index < -0.39 is 64.9 Å². The van der Waals surface area contributed by atoms with E-state index in [-0.39, 0.29) is 0 Å². The van der Waals surface area contributed by atoms with E-state index in [4.69, 9.17) is 0 Å². The fourth-order valence-corrected chi connectivity index (χ4v) is 2.96. The second kappa shape index (κ2) is 7.88. The topological polar surface area (TPSA) is 81.8 Å². The summed E-state index contributed by atoms with van der Waals surface area (Å²) in [6, 6.07) is 0.812. The Balaban J connectivity index is 2.14. The summed E-state index contributed by atoms with van der Waals surface area (Å²) in [6.45, 7) is 0. The zero-order valence-corrected chi connectivity index (χ0v) is 15.3. The highest BCUT2D eigenvalue weighted by molar-refractivity contribution is 6.05. The predicted molar refractivity (Wildman–Crippen MR) is 89.1 cm³/mol. The van der Waals surface area contributed by atoms with Crippen LogP contribution in [0.25, 0.3) is 0 Å². The number of aromatic nitrogens is 2. The van der Waals surface area contributed by atoms with Crippen LogP contribution >= 0.6 is 0 Å². The number of hydrazone groups is 1. The maximum atomic E-state index is 13.2. The minimum absolute atomic E-state index is 0.303. The molecule has 0 saturated carbocycles. The number of aliphatic hydroxyl groups is 2. The van der Waals surface area contributed by atoms with Crippen molar-refractivity contribution >= 4 is 11.4 Å². The zero-order chi connectivity index (χ0) is 24.1. The first-order valence-electron chi connectivity index (χ1n) is 8.46. The smallest absolute Gasteiger partial charge is 0.383 e. The number of aliphatic hydroxyl groups excluding tert-OH is 2. The maximum absolute atomic E-state index is 13.2. The van der Waals surface area contributed by atoms with Crippen LogP contribution in [0.3, 0.4) is 0 Å². The van der Waals surface area contributed by atoms with Crippen molar-refractivity contribution in [2.75, 3.05) is 5.01 Å². The number of alkyl halides is 9. The Kier molecular flexibility index (Phi) is 5.84. The lowest BCUT2D eigenvalue weighted by Gasteiger charge is -2.27. The largest absolute Gasteiger partial charge is 0.417 e. The molecular weight excluding hydrogens is 463 g/mol. The van der Waals surface area contributed by atoms with Gasteiger partial charge in [-0.25, -0.2) is 5.01 Å². The Morgan fingerprint density at radius 1 is 0.812 bits per heavy atom. The molecule has 3 heterocycles. The molecule has 174 valence electrons. The number of halogens is 9. The summed E-state index contributed by atoms with van der Waals surface area (Å²) in [4.78, 5) is 6.60. The molecule has 3 rings (SSSR count). The normalized spacial score (nSPS) is 21.0. The lowest BCUT2D eigenvalue weighted by Crippen LogP contribution is -2.47. The summed E-state index contributed by atoms with van der Waals surface area (Å²) in [5, 5.41) is 24.0. The summed E-state index contributed by atoms with van der Waals surface area (Å²) >= 11 is 0. The SMILES string of the molecule is OC1C(C(O)C(F)(F)F)C(c2cncc(C(F)(F)F)c2)=NN1c1cncc(C(F)(F)F)c1. The van der Waals surface area contributed by atoms with Gasteiger partial charge in [-0.15, -0.1) is 0 Å². The first-order chi connectivity index (χ1) is 14.6. The Hall–Kier alpha value is -2.94. The van der Waals surface area contributed by atoms with Crippen LogP contribution in [0.4, 0.5) is 45.2 Å². The van der Waals surface area contributed by atoms with E-state index >= 15 is 0 Å². The quantitative estimate of drug-likeness (QED) is 0.665. The van der Waals surface area contributed by atoms with Crippen LogP contribution in [-0.2, 0) is 12.4 Å². The molecule has 6 nitrogen and oxygen atoms in total. The van der Waals surface area contributed by atoms with E-state index in [2.05, 4.69) is 15.1 Å². The van der Waals surface area contributed by atoms with Gasteiger partial charge in [0.1, 0.15) is 0 Å². The molecule has 15 heteroatoms. The van der Waals surface area contributed by atoms with Crippen LogP contribution in [0.2, 0.25) is 0 Å². The van der Waals surface area contributed by atoms with Crippen LogP contribution < -0.4 is 5.01 Å². The van der Waals surface area contributed by atoms with Crippen molar-refractivity contribution in [3.63, 3.8) is 0 Å². The number of nitrogens with zero attached hydrogens (tertiary/aromatic N) is 4. The molecule has 2 aromatic rings. The number of hydrogen-bond acceptors (Lipinski definition) is 6. The van der Waals surface area contributed by atoms with E-state index in [1.165, 1.54) is 0 Å². The highest BCUT2D eigenvalue weighted by atomic mass is 19.4. The Morgan fingerprint density at radius 2 is 1.34 bits per heavy atom. The molecule has 0 bridgehead atoms. The van der Waals surface area contributed by atoms with E-state index in [1.807, 2.05) is 0 Å². The molecule has 32 heavy (non-hydrogen) atoms. The molecule has 1 aliphatic rings. The fourth-order valence-electron chi connectivity index (χ4n) is 2.96. The van der Waals surface area contributed by atoms with E-state index in [0.29, 0.717) is 35.7 Å². The molecule has 0 aromatic carbocycles. The highest BCUT2D eigenvalue weighted by Gasteiger charge is 2.53. The van der Waals surface area contributed by atoms with Gasteiger partial charge in [0.2, 0.25) is 0 Å². The monoisotopic (exact) mass is 474 g/mol. The second-order valence-electron chi connectivity index (χ2n) is 6.65. The summed E-state index contributed by atoms with van der Waals surface area (Å²) in [5.74, 6) is -2.37. The first-order valence-corrected chi connectivity index (χ1v) is 8.46. The van der Waals surface area contributed by atoms with Gasteiger partial charge < -0.3 is 10.2 Å². The van der Waals surface area contributed by atoms with Gasteiger partial charge in [-0.2, -0.15) is 44.6 Å². The minimum Gasteiger partial charge on any atom is -0.383 e. The van der Waals surface area contributed by atoms with Gasteiger partial charge in [0.15, 0.2) is 12.3 Å². The molecule has 0 fully saturated rings. The van der Waals surface area contributed by atoms with Crippen molar-refractivity contribution in [3.05, 3.63) is 53.6 Å². The van der Waals surface area contributed by atoms with Crippen molar-refractivity contribution < 1.29 is 49.7 Å². The lowest BCUT2D eigenvalue weighted by molar-refractivity contribution is -0.218. The second-order valence-corrected chi connectivity index (χ2v) is 6.65. The summed E-state index contributed by atoms with van der Waals surface area (Å²) in [5.41, 5.74) is -4.78. The molecule has 0 spiro atoms. The van der Waals surface area contributed by atoms with Crippen molar-refractivity contribution in [2.45, 2.75) is 30.9 Å². The average molecular weight is 474 g/mol. The van der Waals surface area contributed by atoms with Crippen LogP contribution in [0, 0.1) is 5.92 Å². The number of pyridine rings is 2. The number of rotatable bonds is 3. The van der Waals surface area contributed by atoms with E-state index in [9.17, 15) is 49.7 Å². The molecule has 2 N–H and O–H groups in total. The van der Waals surface area contributed by atoms with Crippen molar-refractivity contribution in [1.82, 2.24) is 9.97 Å². The number of anilines is 1.